The summed E-state index contributed by atoms with van der Waals surface area (Å²) in [6.07, 6.45) is 4.32. The van der Waals surface area contributed by atoms with E-state index in [1.54, 1.807) is 0 Å². The van der Waals surface area contributed by atoms with Gasteiger partial charge in [0.15, 0.2) is 0 Å². The lowest BCUT2D eigenvalue weighted by Gasteiger charge is -2.38. The van der Waals surface area contributed by atoms with Crippen LogP contribution < -0.4 is 5.32 Å². The van der Waals surface area contributed by atoms with E-state index in [4.69, 9.17) is 0 Å². The number of nitrogens with one attached hydrogen (secondary N) is 1. The van der Waals surface area contributed by atoms with E-state index in [0.29, 0.717) is 0 Å². The molecule has 62 valence electrons. The topological polar surface area (TPSA) is 15.3 Å². The largest absolute Gasteiger partial charge is 0.311 e. The Morgan fingerprint density at radius 2 is 2.09 bits per heavy atom. The highest BCUT2D eigenvalue weighted by Crippen LogP contribution is 2.53. The highest BCUT2D eigenvalue weighted by Gasteiger charge is 2.60. The Kier molecular flexibility index (Phi) is 1.06. The second-order valence-electron chi connectivity index (χ2n) is 4.73. The van der Waals surface area contributed by atoms with Crippen LogP contribution in [-0.2, 0) is 0 Å². The van der Waals surface area contributed by atoms with Crippen LogP contribution in [0.1, 0.15) is 19.3 Å². The smallest absolute Gasteiger partial charge is 0.0158 e. The Hall–Kier alpha value is -0.0800. The fourth-order valence-electron chi connectivity index (χ4n) is 2.50. The summed E-state index contributed by atoms with van der Waals surface area (Å²) in [5.41, 5.74) is 0.747. The van der Waals surface area contributed by atoms with E-state index in [-0.39, 0.29) is 0 Å². The van der Waals surface area contributed by atoms with Crippen LogP contribution in [0.5, 0.6) is 0 Å². The summed E-state index contributed by atoms with van der Waals surface area (Å²) in [4.78, 5) is 2.43. The molecule has 0 amide bonds. The molecular weight excluding hydrogens is 136 g/mol. The molecule has 2 nitrogen and oxygen atoms in total. The van der Waals surface area contributed by atoms with Crippen molar-refractivity contribution in [2.75, 3.05) is 20.1 Å². The van der Waals surface area contributed by atoms with Crippen LogP contribution in [0.2, 0.25) is 0 Å². The molecule has 1 aliphatic heterocycles. The molecule has 0 aromatic heterocycles. The van der Waals surface area contributed by atoms with Crippen molar-refractivity contribution in [2.24, 2.45) is 5.41 Å². The van der Waals surface area contributed by atoms with Crippen LogP contribution in [-0.4, -0.2) is 37.1 Å². The molecule has 11 heavy (non-hydrogen) atoms. The van der Waals surface area contributed by atoms with Crippen molar-refractivity contribution >= 4 is 0 Å². The highest BCUT2D eigenvalue weighted by atomic mass is 15.2. The summed E-state index contributed by atoms with van der Waals surface area (Å²) in [5.74, 6) is 0. The number of hydrogen-bond acceptors (Lipinski definition) is 2. The Morgan fingerprint density at radius 1 is 1.36 bits per heavy atom. The minimum Gasteiger partial charge on any atom is -0.311 e. The van der Waals surface area contributed by atoms with Crippen molar-refractivity contribution in [3.05, 3.63) is 0 Å². The molecule has 2 saturated carbocycles. The molecule has 3 fully saturated rings. The van der Waals surface area contributed by atoms with Crippen molar-refractivity contribution in [1.29, 1.82) is 0 Å². The summed E-state index contributed by atoms with van der Waals surface area (Å²) >= 11 is 0. The minimum atomic E-state index is 0.747. The first kappa shape index (κ1) is 6.44. The third-order valence-corrected chi connectivity index (χ3v) is 3.37. The maximum absolute atomic E-state index is 3.71. The molecule has 1 unspecified atom stereocenters. The standard InChI is InChI=1S/C9H16N2/c1-11-5-9(6-11)4-8(9)10-7-2-3-7/h7-8,10H,2-6H2,1H3. The first-order valence-electron chi connectivity index (χ1n) is 4.73. The molecule has 0 aromatic carbocycles. The normalized spacial score (nSPS) is 40.6. The van der Waals surface area contributed by atoms with E-state index in [0.717, 1.165) is 17.5 Å². The molecule has 3 rings (SSSR count). The third kappa shape index (κ3) is 0.926. The van der Waals surface area contributed by atoms with Gasteiger partial charge in [-0.05, 0) is 26.3 Å². The van der Waals surface area contributed by atoms with Gasteiger partial charge in [0.25, 0.3) is 0 Å². The number of hydrogen-bond donors (Lipinski definition) is 1. The van der Waals surface area contributed by atoms with Gasteiger partial charge in [0.2, 0.25) is 0 Å². The van der Waals surface area contributed by atoms with Gasteiger partial charge in [0, 0.05) is 30.6 Å². The predicted octanol–water partition coefficient (Wildman–Crippen LogP) is 0.442. The van der Waals surface area contributed by atoms with E-state index in [9.17, 15) is 0 Å². The van der Waals surface area contributed by atoms with Crippen LogP contribution in [0.15, 0.2) is 0 Å². The highest BCUT2D eigenvalue weighted by molar-refractivity contribution is 5.17. The maximum Gasteiger partial charge on any atom is 0.0158 e. The van der Waals surface area contributed by atoms with Gasteiger partial charge < -0.3 is 10.2 Å². The average Bonchev–Trinajstić information content (AvgIpc) is 2.70. The van der Waals surface area contributed by atoms with Gasteiger partial charge in [-0.2, -0.15) is 0 Å². The molecular formula is C9H16N2. The quantitative estimate of drug-likeness (QED) is 0.618. The number of nitrogens with zero attached hydrogens (tertiary/aromatic N) is 1. The lowest BCUT2D eigenvalue weighted by molar-refractivity contribution is 0.104. The zero-order valence-electron chi connectivity index (χ0n) is 7.14. The lowest BCUT2D eigenvalue weighted by Crippen LogP contribution is -2.49. The third-order valence-electron chi connectivity index (χ3n) is 3.37. The molecule has 1 spiro atoms. The Morgan fingerprint density at radius 3 is 2.64 bits per heavy atom. The predicted molar refractivity (Wildman–Crippen MR) is 44.5 cm³/mol. The summed E-state index contributed by atoms with van der Waals surface area (Å²) < 4.78 is 0. The minimum absolute atomic E-state index is 0.747. The van der Waals surface area contributed by atoms with Gasteiger partial charge in [-0.3, -0.25) is 0 Å². The van der Waals surface area contributed by atoms with E-state index in [1.807, 2.05) is 0 Å². The average molecular weight is 152 g/mol. The van der Waals surface area contributed by atoms with Crippen molar-refractivity contribution in [2.45, 2.75) is 31.3 Å². The van der Waals surface area contributed by atoms with Crippen molar-refractivity contribution < 1.29 is 0 Å². The molecule has 0 aromatic rings. The molecule has 1 heterocycles. The molecule has 1 saturated heterocycles. The zero-order chi connectivity index (χ0) is 7.47. The SMILES string of the molecule is CN1CC2(CC2NC2CC2)C1. The Bertz CT molecular complexity index is 180. The summed E-state index contributed by atoms with van der Waals surface area (Å²) in [6.45, 7) is 2.69. The molecule has 2 heteroatoms. The fraction of sp³-hybridized carbons (Fsp3) is 1.00. The van der Waals surface area contributed by atoms with Crippen molar-refractivity contribution in [3.63, 3.8) is 0 Å². The molecule has 0 bridgehead atoms. The van der Waals surface area contributed by atoms with E-state index >= 15 is 0 Å². The zero-order valence-corrected chi connectivity index (χ0v) is 7.14. The molecule has 1 N–H and O–H groups in total. The van der Waals surface area contributed by atoms with Crippen LogP contribution >= 0.6 is 0 Å². The van der Waals surface area contributed by atoms with Gasteiger partial charge in [-0.1, -0.05) is 0 Å². The molecule has 0 radical (unpaired) electrons. The number of rotatable bonds is 2. The summed E-state index contributed by atoms with van der Waals surface area (Å²) in [7, 11) is 2.22. The van der Waals surface area contributed by atoms with E-state index in [2.05, 4.69) is 17.3 Å². The lowest BCUT2D eigenvalue weighted by atomic mass is 9.97. The van der Waals surface area contributed by atoms with E-state index in [1.165, 1.54) is 32.4 Å². The van der Waals surface area contributed by atoms with Gasteiger partial charge >= 0.3 is 0 Å². The summed E-state index contributed by atoms with van der Waals surface area (Å²) in [6, 6.07) is 1.80. The molecule has 2 aliphatic carbocycles. The van der Waals surface area contributed by atoms with Crippen LogP contribution in [0.25, 0.3) is 0 Å². The second-order valence-corrected chi connectivity index (χ2v) is 4.73. The van der Waals surface area contributed by atoms with Gasteiger partial charge in [0.05, 0.1) is 0 Å². The molecule has 1 atom stereocenters. The van der Waals surface area contributed by atoms with Gasteiger partial charge in [-0.15, -0.1) is 0 Å². The van der Waals surface area contributed by atoms with Gasteiger partial charge in [0.1, 0.15) is 0 Å². The van der Waals surface area contributed by atoms with Crippen molar-refractivity contribution in [1.82, 2.24) is 10.2 Å². The fourth-order valence-corrected chi connectivity index (χ4v) is 2.50. The first-order valence-corrected chi connectivity index (χ1v) is 4.73. The van der Waals surface area contributed by atoms with E-state index < -0.39 is 0 Å². The first-order chi connectivity index (χ1) is 5.28. The maximum atomic E-state index is 3.71. The van der Waals surface area contributed by atoms with Crippen LogP contribution in [0.4, 0.5) is 0 Å². The summed E-state index contributed by atoms with van der Waals surface area (Å²) in [5, 5.41) is 3.71. The number of likely N-dealkylation sites (tertiary alicyclic amines) is 1. The Balaban J connectivity index is 1.53. The van der Waals surface area contributed by atoms with Crippen LogP contribution in [0.3, 0.4) is 0 Å². The molecule has 3 aliphatic rings. The van der Waals surface area contributed by atoms with Crippen molar-refractivity contribution in [3.8, 4) is 0 Å². The Labute approximate surface area is 68.0 Å². The van der Waals surface area contributed by atoms with Gasteiger partial charge in [-0.25, -0.2) is 0 Å². The monoisotopic (exact) mass is 152 g/mol. The van der Waals surface area contributed by atoms with Crippen LogP contribution in [0, 0.1) is 5.41 Å². The second kappa shape index (κ2) is 1.80.